The van der Waals surface area contributed by atoms with Crippen molar-refractivity contribution >= 4 is 27.5 Å². The van der Waals surface area contributed by atoms with Gasteiger partial charge in [-0.3, -0.25) is 4.79 Å². The minimum atomic E-state index is -0.269. The van der Waals surface area contributed by atoms with E-state index in [1.807, 2.05) is 29.2 Å². The molecule has 2 aromatic carbocycles. The van der Waals surface area contributed by atoms with Crippen molar-refractivity contribution in [1.82, 2.24) is 9.88 Å². The second kappa shape index (κ2) is 8.78. The monoisotopic (exact) mass is 414 g/mol. The minimum absolute atomic E-state index is 0.0334. The van der Waals surface area contributed by atoms with Crippen LogP contribution in [0.2, 0.25) is 0 Å². The first-order chi connectivity index (χ1) is 14.1. The Bertz CT molecular complexity index is 981. The van der Waals surface area contributed by atoms with Crippen LogP contribution in [0.15, 0.2) is 42.5 Å². The Kier molecular flexibility index (Phi) is 5.94. The zero-order chi connectivity index (χ0) is 20.2. The number of benzene rings is 2. The number of aromatic nitrogens is 1. The summed E-state index contributed by atoms with van der Waals surface area (Å²) in [5.41, 5.74) is 1.88. The zero-order valence-electron chi connectivity index (χ0n) is 16.3. The molecule has 1 aromatic heterocycles. The van der Waals surface area contributed by atoms with Gasteiger partial charge in [-0.15, -0.1) is 0 Å². The van der Waals surface area contributed by atoms with Crippen molar-refractivity contribution in [3.05, 3.63) is 53.8 Å². The number of carbonyl (C=O) groups excluding carboxylic acids is 1. The molecule has 0 spiro atoms. The number of halogens is 1. The molecule has 1 aliphatic rings. The molecule has 4 rings (SSSR count). The number of piperidine rings is 1. The van der Waals surface area contributed by atoms with Crippen molar-refractivity contribution in [2.75, 3.05) is 20.2 Å². The van der Waals surface area contributed by atoms with Gasteiger partial charge in [-0.05, 0) is 42.3 Å². The molecule has 1 amide bonds. The molecule has 0 radical (unpaired) electrons. The minimum Gasteiger partial charge on any atom is -0.497 e. The fourth-order valence-electron chi connectivity index (χ4n) is 3.49. The molecule has 0 saturated carbocycles. The van der Waals surface area contributed by atoms with Crippen molar-refractivity contribution in [2.45, 2.75) is 31.8 Å². The summed E-state index contributed by atoms with van der Waals surface area (Å²) in [5, 5.41) is 0.565. The molecular weight excluding hydrogens is 391 g/mol. The molecule has 2 heterocycles. The number of amides is 1. The maximum atomic E-state index is 13.3. The largest absolute Gasteiger partial charge is 0.497 e. The molecule has 0 bridgehead atoms. The highest BCUT2D eigenvalue weighted by Gasteiger charge is 2.24. The molecule has 7 heteroatoms. The molecule has 0 aliphatic carbocycles. The average Bonchev–Trinajstić information content (AvgIpc) is 3.14. The molecular formula is C22H23FN2O3S. The quantitative estimate of drug-likeness (QED) is 0.598. The summed E-state index contributed by atoms with van der Waals surface area (Å²) in [4.78, 5) is 18.9. The van der Waals surface area contributed by atoms with Crippen molar-refractivity contribution in [3.8, 4) is 10.9 Å². The number of hydrogen-bond acceptors (Lipinski definition) is 5. The van der Waals surface area contributed by atoms with Crippen LogP contribution in [0.25, 0.3) is 10.2 Å². The van der Waals surface area contributed by atoms with Gasteiger partial charge in [0.25, 0.3) is 5.19 Å². The van der Waals surface area contributed by atoms with Crippen molar-refractivity contribution < 1.29 is 18.7 Å². The van der Waals surface area contributed by atoms with Gasteiger partial charge in [0.15, 0.2) is 0 Å². The summed E-state index contributed by atoms with van der Waals surface area (Å²) in [6.07, 6.45) is 2.81. The van der Waals surface area contributed by atoms with Crippen molar-refractivity contribution in [2.24, 2.45) is 0 Å². The SMILES string of the molecule is COc1ccc(CCC(=O)N2CCC(Oc3nc4ccc(F)cc4s3)CC2)cc1. The molecule has 1 aliphatic heterocycles. The van der Waals surface area contributed by atoms with Gasteiger partial charge < -0.3 is 14.4 Å². The molecule has 0 N–H and O–H groups in total. The van der Waals surface area contributed by atoms with Gasteiger partial charge in [-0.2, -0.15) is 0 Å². The summed E-state index contributed by atoms with van der Waals surface area (Å²) in [5.74, 6) is 0.726. The number of fused-ring (bicyclic) bond motifs is 1. The third-order valence-corrected chi connectivity index (χ3v) is 6.09. The van der Waals surface area contributed by atoms with Crippen LogP contribution in [0, 0.1) is 5.82 Å². The lowest BCUT2D eigenvalue weighted by Gasteiger charge is -2.31. The highest BCUT2D eigenvalue weighted by molar-refractivity contribution is 7.20. The number of rotatable bonds is 6. The smallest absolute Gasteiger partial charge is 0.274 e. The fourth-order valence-corrected chi connectivity index (χ4v) is 4.40. The van der Waals surface area contributed by atoms with Crippen LogP contribution < -0.4 is 9.47 Å². The summed E-state index contributed by atoms with van der Waals surface area (Å²) in [6, 6.07) is 12.4. The third-order valence-electron chi connectivity index (χ3n) is 5.18. The second-order valence-electron chi connectivity index (χ2n) is 7.14. The van der Waals surface area contributed by atoms with Crippen LogP contribution in [0.4, 0.5) is 4.39 Å². The number of aryl methyl sites for hydroxylation is 1. The van der Waals surface area contributed by atoms with Gasteiger partial charge in [0.2, 0.25) is 5.91 Å². The van der Waals surface area contributed by atoms with Gasteiger partial charge in [0.1, 0.15) is 17.7 Å². The van der Waals surface area contributed by atoms with E-state index in [4.69, 9.17) is 9.47 Å². The molecule has 1 fully saturated rings. The maximum absolute atomic E-state index is 13.3. The predicted molar refractivity (Wildman–Crippen MR) is 111 cm³/mol. The van der Waals surface area contributed by atoms with Crippen LogP contribution in [0.5, 0.6) is 10.9 Å². The highest BCUT2D eigenvalue weighted by Crippen LogP contribution is 2.30. The zero-order valence-corrected chi connectivity index (χ0v) is 17.1. The first kappa shape index (κ1) is 19.6. The van der Waals surface area contributed by atoms with Gasteiger partial charge >= 0.3 is 0 Å². The van der Waals surface area contributed by atoms with Gasteiger partial charge in [0.05, 0.1) is 17.3 Å². The molecule has 0 unspecified atom stereocenters. The van der Waals surface area contributed by atoms with Crippen LogP contribution in [0.1, 0.15) is 24.8 Å². The number of hydrogen-bond donors (Lipinski definition) is 0. The number of nitrogens with zero attached hydrogens (tertiary/aromatic N) is 2. The summed E-state index contributed by atoms with van der Waals surface area (Å²) in [7, 11) is 1.64. The maximum Gasteiger partial charge on any atom is 0.274 e. The lowest BCUT2D eigenvalue weighted by Crippen LogP contribution is -2.41. The van der Waals surface area contributed by atoms with Crippen LogP contribution in [-0.2, 0) is 11.2 Å². The average molecular weight is 415 g/mol. The number of likely N-dealkylation sites (tertiary alicyclic amines) is 1. The standard InChI is InChI=1S/C22H23FN2O3S/c1-27-17-6-2-15(3-7-17)4-9-21(26)25-12-10-18(11-13-25)28-22-24-19-8-5-16(23)14-20(19)29-22/h2-3,5-8,14,18H,4,9-13H2,1H3. The number of methoxy groups -OCH3 is 1. The Labute approximate surface area is 173 Å². The Morgan fingerprint density at radius 1 is 1.21 bits per heavy atom. The van der Waals surface area contributed by atoms with Crippen LogP contribution in [-0.4, -0.2) is 42.1 Å². The molecule has 5 nitrogen and oxygen atoms in total. The first-order valence-electron chi connectivity index (χ1n) is 9.74. The molecule has 0 atom stereocenters. The highest BCUT2D eigenvalue weighted by atomic mass is 32.1. The predicted octanol–water partition coefficient (Wildman–Crippen LogP) is 4.45. The number of thiazole rings is 1. The molecule has 152 valence electrons. The van der Waals surface area contributed by atoms with E-state index >= 15 is 0 Å². The van der Waals surface area contributed by atoms with E-state index in [0.717, 1.165) is 40.8 Å². The number of ether oxygens (including phenoxy) is 2. The normalized spacial score (nSPS) is 14.9. The van der Waals surface area contributed by atoms with Crippen LogP contribution >= 0.6 is 11.3 Å². The van der Waals surface area contributed by atoms with E-state index < -0.39 is 0 Å². The van der Waals surface area contributed by atoms with E-state index in [1.54, 1.807) is 13.2 Å². The van der Waals surface area contributed by atoms with Crippen LogP contribution in [0.3, 0.4) is 0 Å². The lowest BCUT2D eigenvalue weighted by atomic mass is 10.1. The van der Waals surface area contributed by atoms with Gasteiger partial charge in [-0.1, -0.05) is 23.5 Å². The van der Waals surface area contributed by atoms with E-state index in [2.05, 4.69) is 4.98 Å². The summed E-state index contributed by atoms with van der Waals surface area (Å²) >= 11 is 1.36. The topological polar surface area (TPSA) is 51.7 Å². The fraction of sp³-hybridized carbons (Fsp3) is 0.364. The van der Waals surface area contributed by atoms with E-state index in [-0.39, 0.29) is 17.8 Å². The Balaban J connectivity index is 1.25. The summed E-state index contributed by atoms with van der Waals surface area (Å²) < 4.78 is 25.3. The Morgan fingerprint density at radius 2 is 1.97 bits per heavy atom. The molecule has 3 aromatic rings. The summed E-state index contributed by atoms with van der Waals surface area (Å²) in [6.45, 7) is 1.37. The van der Waals surface area contributed by atoms with Crippen molar-refractivity contribution in [1.29, 1.82) is 0 Å². The number of carbonyl (C=O) groups is 1. The first-order valence-corrected chi connectivity index (χ1v) is 10.6. The third kappa shape index (κ3) is 4.85. The molecule has 1 saturated heterocycles. The second-order valence-corrected chi connectivity index (χ2v) is 8.13. The van der Waals surface area contributed by atoms with E-state index in [9.17, 15) is 9.18 Å². The Hall–Kier alpha value is -2.67. The van der Waals surface area contributed by atoms with E-state index in [1.165, 1.54) is 23.5 Å². The Morgan fingerprint density at radius 3 is 2.69 bits per heavy atom. The van der Waals surface area contributed by atoms with E-state index in [0.29, 0.717) is 24.7 Å². The van der Waals surface area contributed by atoms with Crippen molar-refractivity contribution in [3.63, 3.8) is 0 Å². The van der Waals surface area contributed by atoms with Gasteiger partial charge in [-0.25, -0.2) is 9.37 Å². The lowest BCUT2D eigenvalue weighted by molar-refractivity contribution is -0.132. The molecule has 29 heavy (non-hydrogen) atoms. The van der Waals surface area contributed by atoms with Gasteiger partial charge in [0, 0.05) is 32.4 Å².